The van der Waals surface area contributed by atoms with Crippen LogP contribution < -0.4 is 10.1 Å². The Kier molecular flexibility index (Phi) is 8.17. The van der Waals surface area contributed by atoms with Crippen LogP contribution in [-0.4, -0.2) is 18.1 Å². The summed E-state index contributed by atoms with van der Waals surface area (Å²) in [6.07, 6.45) is 2.50. The van der Waals surface area contributed by atoms with E-state index in [1.54, 1.807) is 37.3 Å². The zero-order chi connectivity index (χ0) is 20.6. The molecule has 0 radical (unpaired) electrons. The molecule has 148 valence electrons. The van der Waals surface area contributed by atoms with Crippen molar-refractivity contribution < 1.29 is 9.53 Å². The van der Waals surface area contributed by atoms with Gasteiger partial charge in [0.1, 0.15) is 12.4 Å². The van der Waals surface area contributed by atoms with Gasteiger partial charge < -0.3 is 10.1 Å². The maximum Gasteiger partial charge on any atom is 0.228 e. The third-order valence-electron chi connectivity index (χ3n) is 4.43. The second kappa shape index (κ2) is 10.4. The molecule has 0 aliphatic heterocycles. The van der Waals surface area contributed by atoms with Crippen molar-refractivity contribution >= 4 is 29.1 Å². The number of unbranched alkanes of at least 4 members (excludes halogenated alkanes) is 1. The fraction of sp³-hybridized carbons (Fsp3) is 0.364. The molecule has 2 aromatic rings. The summed E-state index contributed by atoms with van der Waals surface area (Å²) in [5, 5.41) is 13.6. The van der Waals surface area contributed by atoms with E-state index in [9.17, 15) is 10.1 Å². The minimum absolute atomic E-state index is 0.0138. The molecule has 28 heavy (non-hydrogen) atoms. The van der Waals surface area contributed by atoms with Crippen molar-refractivity contribution in [3.8, 4) is 11.8 Å². The number of amides is 1. The Labute approximate surface area is 176 Å². The molecule has 0 bridgehead atoms. The van der Waals surface area contributed by atoms with E-state index in [2.05, 4.69) is 18.3 Å². The molecule has 4 nitrogen and oxygen atoms in total. The van der Waals surface area contributed by atoms with E-state index in [0.717, 1.165) is 18.4 Å². The highest BCUT2D eigenvalue weighted by Gasteiger charge is 2.32. The van der Waals surface area contributed by atoms with E-state index in [1.165, 1.54) is 0 Å². The number of ether oxygens (including phenoxy) is 1. The highest BCUT2D eigenvalue weighted by molar-refractivity contribution is 6.31. The Bertz CT molecular complexity index is 833. The molecular weight excluding hydrogens is 395 g/mol. The number of carbonyl (C=O) groups excluding carboxylic acids is 1. The van der Waals surface area contributed by atoms with Gasteiger partial charge in [0.05, 0.1) is 12.0 Å². The molecule has 1 N–H and O–H groups in total. The van der Waals surface area contributed by atoms with Crippen LogP contribution in [0.5, 0.6) is 5.75 Å². The Morgan fingerprint density at radius 1 is 1.21 bits per heavy atom. The van der Waals surface area contributed by atoms with Crippen LogP contribution in [0.4, 0.5) is 0 Å². The average molecular weight is 419 g/mol. The van der Waals surface area contributed by atoms with Gasteiger partial charge in [-0.25, -0.2) is 0 Å². The van der Waals surface area contributed by atoms with Gasteiger partial charge in [-0.3, -0.25) is 4.79 Å². The second-order valence-corrected chi connectivity index (χ2v) is 7.74. The third kappa shape index (κ3) is 6.15. The number of halogens is 2. The van der Waals surface area contributed by atoms with Gasteiger partial charge in [0.15, 0.2) is 5.54 Å². The number of hydrogen-bond donors (Lipinski definition) is 1. The summed E-state index contributed by atoms with van der Waals surface area (Å²) in [7, 11) is 0. The first-order valence-corrected chi connectivity index (χ1v) is 10.00. The van der Waals surface area contributed by atoms with Crippen LogP contribution in [0.15, 0.2) is 48.5 Å². The van der Waals surface area contributed by atoms with Crippen LogP contribution in [0.1, 0.15) is 44.6 Å². The molecule has 0 saturated heterocycles. The van der Waals surface area contributed by atoms with Crippen LogP contribution in [-0.2, 0) is 4.79 Å². The maximum atomic E-state index is 13.0. The van der Waals surface area contributed by atoms with E-state index < -0.39 is 11.5 Å². The normalized spacial score (nSPS) is 13.8. The van der Waals surface area contributed by atoms with Crippen LogP contribution in [0.3, 0.4) is 0 Å². The molecule has 2 aromatic carbocycles. The van der Waals surface area contributed by atoms with Gasteiger partial charge in [-0.1, -0.05) is 61.2 Å². The zero-order valence-electron chi connectivity index (χ0n) is 16.0. The van der Waals surface area contributed by atoms with E-state index in [4.69, 9.17) is 27.9 Å². The SMILES string of the molecule is CCCCC(C(=O)NC(C)(C#N)COc1ccc(Cl)cc1)c1ccccc1Cl. The molecule has 2 atom stereocenters. The number of nitriles is 1. The molecule has 2 rings (SSSR count). The average Bonchev–Trinajstić information content (AvgIpc) is 2.69. The van der Waals surface area contributed by atoms with Gasteiger partial charge in [0.2, 0.25) is 5.91 Å². The molecule has 0 heterocycles. The van der Waals surface area contributed by atoms with E-state index >= 15 is 0 Å². The fourth-order valence-corrected chi connectivity index (χ4v) is 3.20. The third-order valence-corrected chi connectivity index (χ3v) is 5.03. The Morgan fingerprint density at radius 2 is 1.89 bits per heavy atom. The predicted octanol–water partition coefficient (Wildman–Crippen LogP) is 5.74. The summed E-state index contributed by atoms with van der Waals surface area (Å²) in [5.74, 6) is -0.0732. The molecule has 2 unspecified atom stereocenters. The van der Waals surface area contributed by atoms with Gasteiger partial charge in [0, 0.05) is 10.0 Å². The van der Waals surface area contributed by atoms with E-state index in [0.29, 0.717) is 22.2 Å². The lowest BCUT2D eigenvalue weighted by Gasteiger charge is -2.27. The first kappa shape index (κ1) is 22.1. The van der Waals surface area contributed by atoms with Gasteiger partial charge in [-0.2, -0.15) is 5.26 Å². The lowest BCUT2D eigenvalue weighted by molar-refractivity contribution is -0.124. The summed E-state index contributed by atoms with van der Waals surface area (Å²) in [4.78, 5) is 13.0. The minimum atomic E-state index is -1.18. The van der Waals surface area contributed by atoms with Crippen molar-refractivity contribution in [1.29, 1.82) is 5.26 Å². The van der Waals surface area contributed by atoms with Crippen molar-refractivity contribution in [2.24, 2.45) is 0 Å². The largest absolute Gasteiger partial charge is 0.490 e. The number of carbonyl (C=O) groups is 1. The zero-order valence-corrected chi connectivity index (χ0v) is 17.6. The highest BCUT2D eigenvalue weighted by atomic mass is 35.5. The number of benzene rings is 2. The quantitative estimate of drug-likeness (QED) is 0.563. The molecular formula is C22H24Cl2N2O2. The molecule has 1 amide bonds. The number of nitrogens with zero attached hydrogens (tertiary/aromatic N) is 1. The van der Waals surface area contributed by atoms with Crippen molar-refractivity contribution in [1.82, 2.24) is 5.32 Å². The van der Waals surface area contributed by atoms with Crippen LogP contribution in [0.25, 0.3) is 0 Å². The first-order chi connectivity index (χ1) is 13.4. The maximum absolute atomic E-state index is 13.0. The van der Waals surface area contributed by atoms with Crippen LogP contribution in [0.2, 0.25) is 10.0 Å². The second-order valence-electron chi connectivity index (χ2n) is 6.89. The molecule has 0 saturated carbocycles. The Morgan fingerprint density at radius 3 is 2.50 bits per heavy atom. The van der Waals surface area contributed by atoms with Crippen molar-refractivity contribution in [2.75, 3.05) is 6.61 Å². The lowest BCUT2D eigenvalue weighted by Crippen LogP contribution is -2.50. The molecule has 0 aliphatic carbocycles. The summed E-state index contributed by atoms with van der Waals surface area (Å²) >= 11 is 12.2. The van der Waals surface area contributed by atoms with Gasteiger partial charge in [-0.15, -0.1) is 0 Å². The minimum Gasteiger partial charge on any atom is -0.490 e. The summed E-state index contributed by atoms with van der Waals surface area (Å²) < 4.78 is 5.69. The topological polar surface area (TPSA) is 62.1 Å². The van der Waals surface area contributed by atoms with Crippen molar-refractivity contribution in [3.63, 3.8) is 0 Å². The monoisotopic (exact) mass is 418 g/mol. The van der Waals surface area contributed by atoms with Gasteiger partial charge >= 0.3 is 0 Å². The smallest absolute Gasteiger partial charge is 0.228 e. The van der Waals surface area contributed by atoms with Crippen LogP contribution >= 0.6 is 23.2 Å². The molecule has 0 spiro atoms. The Hall–Kier alpha value is -2.22. The summed E-state index contributed by atoms with van der Waals surface area (Å²) in [5.41, 5.74) is -0.406. The molecule has 0 fully saturated rings. The molecule has 0 aliphatic rings. The standard InChI is InChI=1S/C22H24Cl2N2O2/c1-3-4-7-19(18-8-5-6-9-20(18)24)21(27)26-22(2,14-25)15-28-17-12-10-16(23)11-13-17/h5-6,8-13,19H,3-4,7,15H2,1-2H3,(H,26,27). The predicted molar refractivity (Wildman–Crippen MR) is 113 cm³/mol. The Balaban J connectivity index is 2.13. The van der Waals surface area contributed by atoms with Crippen molar-refractivity contribution in [2.45, 2.75) is 44.6 Å². The molecule has 6 heteroatoms. The summed E-state index contributed by atoms with van der Waals surface area (Å²) in [6.45, 7) is 3.73. The van der Waals surface area contributed by atoms with Gasteiger partial charge in [-0.05, 0) is 49.2 Å². The number of rotatable bonds is 9. The lowest BCUT2D eigenvalue weighted by atomic mass is 9.91. The fourth-order valence-electron chi connectivity index (χ4n) is 2.81. The van der Waals surface area contributed by atoms with E-state index in [1.807, 2.05) is 18.2 Å². The number of hydrogen-bond acceptors (Lipinski definition) is 3. The number of nitrogens with one attached hydrogen (secondary N) is 1. The first-order valence-electron chi connectivity index (χ1n) is 9.24. The van der Waals surface area contributed by atoms with Gasteiger partial charge in [0.25, 0.3) is 0 Å². The molecule has 0 aromatic heterocycles. The van der Waals surface area contributed by atoms with Crippen LogP contribution in [0, 0.1) is 11.3 Å². The van der Waals surface area contributed by atoms with E-state index in [-0.39, 0.29) is 12.5 Å². The highest BCUT2D eigenvalue weighted by Crippen LogP contribution is 2.29. The van der Waals surface area contributed by atoms with Crippen molar-refractivity contribution in [3.05, 3.63) is 64.1 Å². The summed E-state index contributed by atoms with van der Waals surface area (Å²) in [6, 6.07) is 16.3.